The van der Waals surface area contributed by atoms with Gasteiger partial charge in [-0.1, -0.05) is 206 Å². The van der Waals surface area contributed by atoms with E-state index >= 15 is 0 Å². The van der Waals surface area contributed by atoms with Crippen LogP contribution in [0.2, 0.25) is 0 Å². The summed E-state index contributed by atoms with van der Waals surface area (Å²) in [5.41, 5.74) is 27.0. The van der Waals surface area contributed by atoms with Gasteiger partial charge in [-0.15, -0.1) is 0 Å². The van der Waals surface area contributed by atoms with E-state index in [4.69, 9.17) is 0 Å². The Hall–Kier alpha value is -9.76. The normalized spacial score (nSPS) is 12.9. The third-order valence-electron chi connectivity index (χ3n) is 16.6. The minimum absolute atomic E-state index is 0.480. The molecule has 348 valence electrons. The van der Waals surface area contributed by atoms with Gasteiger partial charge in [0.2, 0.25) is 0 Å². The van der Waals surface area contributed by atoms with E-state index < -0.39 is 5.41 Å². The molecule has 1 spiro atoms. The van der Waals surface area contributed by atoms with Crippen molar-refractivity contribution in [1.82, 2.24) is 9.13 Å². The van der Waals surface area contributed by atoms with Gasteiger partial charge >= 0.3 is 0 Å². The molecule has 0 bridgehead atoms. The number of hydrogen-bond acceptors (Lipinski definition) is 0. The summed E-state index contributed by atoms with van der Waals surface area (Å²) in [4.78, 5) is 0. The summed E-state index contributed by atoms with van der Waals surface area (Å²) in [6.07, 6.45) is 0. The lowest BCUT2D eigenvalue weighted by Crippen LogP contribution is -2.26. The average Bonchev–Trinajstić information content (AvgIpc) is 4.21. The van der Waals surface area contributed by atoms with Gasteiger partial charge in [0.1, 0.15) is 0 Å². The van der Waals surface area contributed by atoms with Gasteiger partial charge in [-0.25, -0.2) is 0 Å². The monoisotopic (exact) mass is 950 g/mol. The molecule has 0 fully saturated rings. The molecule has 2 nitrogen and oxygen atoms in total. The zero-order valence-electron chi connectivity index (χ0n) is 41.0. The molecule has 2 heteroatoms. The van der Waals surface area contributed by atoms with Crippen LogP contribution in [-0.4, -0.2) is 9.13 Å². The SMILES string of the molecule is c1ccc(-n2c3ccccc3c3cc(-c4ccc(-c5ccc6c(c5)C5(c7ccccc7-c7ccccc75)c5cc(-c7ccc(-c8ccc9c(c8)c8ccccc8n9-c8ccccc8)cc7)ccc5-6)cc4)ccc32)cc1. The standard InChI is InChI=1S/C73H46N2/c1-3-15-55(16-4-1)74-69-25-13-9-21-61(69)63-43-51(37-41-71(63)74)47-27-31-49(32-28-47)53-35-39-59-60-40-36-54(46-68(60)73(67(59)45-53)65-23-11-7-19-57(65)58-20-8-12-24-66(58)73)50-33-29-48(30-34-50)52-38-42-72-64(44-52)62-22-10-14-26-70(62)75(72)56-17-5-2-6-18-56/h1-46H. The van der Waals surface area contributed by atoms with Crippen molar-refractivity contribution in [3.63, 3.8) is 0 Å². The van der Waals surface area contributed by atoms with E-state index in [1.54, 1.807) is 0 Å². The van der Waals surface area contributed by atoms with Crippen molar-refractivity contribution < 1.29 is 0 Å². The lowest BCUT2D eigenvalue weighted by atomic mass is 9.70. The van der Waals surface area contributed by atoms with E-state index in [9.17, 15) is 0 Å². The van der Waals surface area contributed by atoms with Crippen LogP contribution in [0.25, 0.3) is 122 Å². The molecular weight excluding hydrogens is 905 g/mol. The van der Waals surface area contributed by atoms with Gasteiger partial charge in [-0.3, -0.25) is 0 Å². The van der Waals surface area contributed by atoms with Gasteiger partial charge in [0, 0.05) is 32.9 Å². The first-order chi connectivity index (χ1) is 37.2. The number of para-hydroxylation sites is 4. The molecule has 0 saturated carbocycles. The molecule has 0 aliphatic heterocycles. The molecule has 2 heterocycles. The number of hydrogen-bond donors (Lipinski definition) is 0. The quantitative estimate of drug-likeness (QED) is 0.157. The van der Waals surface area contributed by atoms with E-state index in [1.807, 2.05) is 0 Å². The van der Waals surface area contributed by atoms with Gasteiger partial charge in [-0.2, -0.15) is 0 Å². The molecule has 0 atom stereocenters. The van der Waals surface area contributed by atoms with Crippen molar-refractivity contribution in [2.24, 2.45) is 0 Å². The molecule has 14 aromatic rings. The summed E-state index contributed by atoms with van der Waals surface area (Å²) in [6, 6.07) is 104. The van der Waals surface area contributed by atoms with E-state index in [2.05, 4.69) is 288 Å². The summed E-state index contributed by atoms with van der Waals surface area (Å²) < 4.78 is 4.76. The molecule has 0 amide bonds. The number of fused-ring (bicyclic) bond motifs is 16. The maximum Gasteiger partial charge on any atom is 0.0725 e. The fourth-order valence-corrected chi connectivity index (χ4v) is 13.2. The van der Waals surface area contributed by atoms with Crippen LogP contribution in [0.15, 0.2) is 279 Å². The first-order valence-corrected chi connectivity index (χ1v) is 26.1. The van der Waals surface area contributed by atoms with Crippen LogP contribution in [0.1, 0.15) is 22.3 Å². The molecular formula is C73H46N2. The van der Waals surface area contributed by atoms with Gasteiger partial charge in [0.25, 0.3) is 0 Å². The average molecular weight is 951 g/mol. The Morgan fingerprint density at radius 1 is 0.200 bits per heavy atom. The van der Waals surface area contributed by atoms with Gasteiger partial charge < -0.3 is 9.13 Å². The smallest absolute Gasteiger partial charge is 0.0725 e. The van der Waals surface area contributed by atoms with Gasteiger partial charge in [0.05, 0.1) is 27.5 Å². The Kier molecular flexibility index (Phi) is 8.99. The van der Waals surface area contributed by atoms with Crippen molar-refractivity contribution in [1.29, 1.82) is 0 Å². The van der Waals surface area contributed by atoms with E-state index in [1.165, 1.54) is 144 Å². The largest absolute Gasteiger partial charge is 0.309 e. The summed E-state index contributed by atoms with van der Waals surface area (Å²) in [5, 5.41) is 5.04. The maximum atomic E-state index is 2.50. The Morgan fingerprint density at radius 2 is 0.507 bits per heavy atom. The summed E-state index contributed by atoms with van der Waals surface area (Å²) in [7, 11) is 0. The van der Waals surface area contributed by atoms with Crippen LogP contribution in [0, 0.1) is 0 Å². The minimum atomic E-state index is -0.480. The minimum Gasteiger partial charge on any atom is -0.309 e. The Morgan fingerprint density at radius 3 is 0.933 bits per heavy atom. The molecule has 2 aliphatic rings. The van der Waals surface area contributed by atoms with Crippen molar-refractivity contribution in [3.05, 3.63) is 301 Å². The Balaban J connectivity index is 0.778. The molecule has 75 heavy (non-hydrogen) atoms. The van der Waals surface area contributed by atoms with Crippen LogP contribution in [0.5, 0.6) is 0 Å². The third kappa shape index (κ3) is 6.08. The van der Waals surface area contributed by atoms with Crippen molar-refractivity contribution in [2.75, 3.05) is 0 Å². The second-order valence-electron chi connectivity index (χ2n) is 20.4. The highest BCUT2D eigenvalue weighted by atomic mass is 15.0. The first kappa shape index (κ1) is 41.8. The summed E-state index contributed by atoms with van der Waals surface area (Å²) in [5.74, 6) is 0. The van der Waals surface area contributed by atoms with Crippen molar-refractivity contribution in [2.45, 2.75) is 5.41 Å². The highest BCUT2D eigenvalue weighted by Crippen LogP contribution is 2.63. The lowest BCUT2D eigenvalue weighted by Gasteiger charge is -2.31. The fourth-order valence-electron chi connectivity index (χ4n) is 13.2. The predicted molar refractivity (Wildman–Crippen MR) is 313 cm³/mol. The molecule has 2 aromatic heterocycles. The molecule has 0 radical (unpaired) electrons. The highest BCUT2D eigenvalue weighted by molar-refractivity contribution is 6.12. The Bertz CT molecular complexity index is 4310. The second kappa shape index (κ2) is 16.1. The van der Waals surface area contributed by atoms with Crippen molar-refractivity contribution in [3.8, 4) is 78.1 Å². The van der Waals surface area contributed by atoms with Crippen LogP contribution < -0.4 is 0 Å². The number of aromatic nitrogens is 2. The maximum absolute atomic E-state index is 2.50. The van der Waals surface area contributed by atoms with Crippen LogP contribution in [0.4, 0.5) is 0 Å². The highest BCUT2D eigenvalue weighted by Gasteiger charge is 2.51. The van der Waals surface area contributed by atoms with Crippen LogP contribution >= 0.6 is 0 Å². The molecule has 0 N–H and O–H groups in total. The molecule has 2 aliphatic carbocycles. The predicted octanol–water partition coefficient (Wildman–Crippen LogP) is 18.9. The first-order valence-electron chi connectivity index (χ1n) is 26.1. The van der Waals surface area contributed by atoms with E-state index in [0.29, 0.717) is 0 Å². The van der Waals surface area contributed by atoms with Gasteiger partial charge in [0.15, 0.2) is 0 Å². The zero-order valence-corrected chi connectivity index (χ0v) is 41.0. The second-order valence-corrected chi connectivity index (χ2v) is 20.4. The number of benzene rings is 12. The molecule has 0 unspecified atom stereocenters. The van der Waals surface area contributed by atoms with E-state index in [0.717, 1.165) is 0 Å². The van der Waals surface area contributed by atoms with E-state index in [-0.39, 0.29) is 0 Å². The summed E-state index contributed by atoms with van der Waals surface area (Å²) in [6.45, 7) is 0. The fraction of sp³-hybridized carbons (Fsp3) is 0.0137. The van der Waals surface area contributed by atoms with Crippen molar-refractivity contribution >= 4 is 43.6 Å². The zero-order chi connectivity index (χ0) is 49.2. The molecule has 0 saturated heterocycles. The van der Waals surface area contributed by atoms with Crippen LogP contribution in [-0.2, 0) is 5.41 Å². The topological polar surface area (TPSA) is 9.86 Å². The lowest BCUT2D eigenvalue weighted by molar-refractivity contribution is 0.794. The van der Waals surface area contributed by atoms with Crippen LogP contribution in [0.3, 0.4) is 0 Å². The molecule has 12 aromatic carbocycles. The third-order valence-corrected chi connectivity index (χ3v) is 16.6. The summed E-state index contributed by atoms with van der Waals surface area (Å²) >= 11 is 0. The van der Waals surface area contributed by atoms with Gasteiger partial charge in [-0.05, 0) is 162 Å². The Labute approximate surface area is 435 Å². The number of nitrogens with zero attached hydrogens (tertiary/aromatic N) is 2. The number of rotatable bonds is 6. The molecule has 16 rings (SSSR count).